The lowest BCUT2D eigenvalue weighted by Gasteiger charge is -2.19. The monoisotopic (exact) mass is 1060 g/mol. The van der Waals surface area contributed by atoms with Crippen molar-refractivity contribution in [1.82, 2.24) is 31.0 Å². The van der Waals surface area contributed by atoms with Gasteiger partial charge in [0, 0.05) is 37.8 Å². The number of halogens is 1. The number of carboxylic acid groups (broad SMARTS) is 5. The van der Waals surface area contributed by atoms with Crippen molar-refractivity contribution in [1.29, 1.82) is 0 Å². The Bertz CT molecular complexity index is 2890. The molecule has 5 atom stereocenters. The van der Waals surface area contributed by atoms with Gasteiger partial charge in [0.2, 0.25) is 29.5 Å². The van der Waals surface area contributed by atoms with Crippen LogP contribution in [0.2, 0.25) is 0 Å². The molecule has 27 heteroatoms. The van der Waals surface area contributed by atoms with Gasteiger partial charge in [-0.15, -0.1) is 5.10 Å². The Morgan fingerprint density at radius 2 is 1.24 bits per heavy atom. The zero-order valence-electron chi connectivity index (χ0n) is 40.7. The van der Waals surface area contributed by atoms with Crippen molar-refractivity contribution in [2.45, 2.75) is 102 Å². The van der Waals surface area contributed by atoms with E-state index < -0.39 is 171 Å². The minimum Gasteiger partial charge on any atom is -0.481 e. The molecule has 0 bridgehead atoms. The summed E-state index contributed by atoms with van der Waals surface area (Å²) in [5.74, 6) is -15.3. The molecule has 26 nitrogen and oxygen atoms in total. The summed E-state index contributed by atoms with van der Waals surface area (Å²) in [6.07, 6.45) is -5.87. The van der Waals surface area contributed by atoms with Crippen LogP contribution in [0.4, 0.5) is 15.9 Å². The van der Waals surface area contributed by atoms with Gasteiger partial charge in [0.25, 0.3) is 5.91 Å². The summed E-state index contributed by atoms with van der Waals surface area (Å²) in [4.78, 5) is 147. The average Bonchev–Trinajstić information content (AvgIpc) is 3.70. The second kappa shape index (κ2) is 27.8. The molecule has 14 N–H and O–H groups in total. The molecule has 0 saturated heterocycles. The summed E-state index contributed by atoms with van der Waals surface area (Å²) >= 11 is 0. The number of nitrogens with zero attached hydrogens (tertiary/aromatic N) is 2. The van der Waals surface area contributed by atoms with Crippen molar-refractivity contribution >= 4 is 93.5 Å². The molecule has 0 unspecified atom stereocenters. The van der Waals surface area contributed by atoms with Gasteiger partial charge < -0.3 is 63.6 Å². The molecule has 0 radical (unpaired) electrons. The molecule has 5 amide bonds. The largest absolute Gasteiger partial charge is 0.481 e. The van der Waals surface area contributed by atoms with Gasteiger partial charge in [-0.25, -0.2) is 18.8 Å². The molecular formula is C49H56FN9O17. The quantitative estimate of drug-likeness (QED) is 0.0346. The third-order valence-corrected chi connectivity index (χ3v) is 11.6. The molecule has 0 aliphatic rings. The van der Waals surface area contributed by atoms with Crippen molar-refractivity contribution in [2.24, 2.45) is 11.7 Å². The van der Waals surface area contributed by atoms with Crippen molar-refractivity contribution in [3.63, 3.8) is 0 Å². The Kier molecular flexibility index (Phi) is 21.7. The molecule has 1 aromatic heterocycles. The number of nitrogens with one attached hydrogen (secondary N) is 5. The first kappa shape index (κ1) is 59.4. The van der Waals surface area contributed by atoms with E-state index in [0.29, 0.717) is 22.2 Å². The molecule has 0 fully saturated rings. The topological polar surface area (TPSA) is 436 Å². The Morgan fingerprint density at radius 3 is 1.80 bits per heavy atom. The number of ketones is 1. The highest BCUT2D eigenvalue weighted by Gasteiger charge is 2.29. The smallest absolute Gasteiger partial charge is 0.326 e. The third kappa shape index (κ3) is 18.1. The number of nitrogens with two attached hydrogens (primary N) is 2. The lowest BCUT2D eigenvalue weighted by molar-refractivity contribution is -0.145. The van der Waals surface area contributed by atoms with E-state index in [1.807, 2.05) is 0 Å². The van der Waals surface area contributed by atoms with Crippen LogP contribution < -0.4 is 38.1 Å². The minimum atomic E-state index is -1.77. The number of carboxylic acids is 5. The van der Waals surface area contributed by atoms with Gasteiger partial charge in [0.05, 0.1) is 42.2 Å². The third-order valence-electron chi connectivity index (χ3n) is 11.6. The zero-order chi connectivity index (χ0) is 56.4. The van der Waals surface area contributed by atoms with Crippen LogP contribution in [0.15, 0.2) is 60.7 Å². The highest BCUT2D eigenvalue weighted by atomic mass is 19.1. The number of fused-ring (bicyclic) bond motifs is 1. The highest BCUT2D eigenvalue weighted by Crippen LogP contribution is 2.33. The number of aromatic nitrogens is 2. The maximum Gasteiger partial charge on any atom is 0.326 e. The number of nitrogen functional groups attached to an aromatic ring is 1. The lowest BCUT2D eigenvalue weighted by atomic mass is 9.94. The second-order valence-corrected chi connectivity index (χ2v) is 17.5. The van der Waals surface area contributed by atoms with Gasteiger partial charge in [-0.05, 0) is 73.6 Å². The van der Waals surface area contributed by atoms with Crippen LogP contribution in [0.5, 0.6) is 0 Å². The van der Waals surface area contributed by atoms with Crippen LogP contribution in [0.25, 0.3) is 22.0 Å². The molecule has 0 saturated carbocycles. The van der Waals surface area contributed by atoms with Crippen LogP contribution in [0, 0.1) is 18.7 Å². The Balaban J connectivity index is 1.23. The summed E-state index contributed by atoms with van der Waals surface area (Å²) in [5.41, 5.74) is 15.1. The van der Waals surface area contributed by atoms with Gasteiger partial charge >= 0.3 is 29.8 Å². The highest BCUT2D eigenvalue weighted by molar-refractivity contribution is 6.06. The van der Waals surface area contributed by atoms with Gasteiger partial charge in [-0.1, -0.05) is 42.0 Å². The fourth-order valence-electron chi connectivity index (χ4n) is 7.62. The van der Waals surface area contributed by atoms with Crippen LogP contribution >= 0.6 is 0 Å². The maximum atomic E-state index is 14.2. The zero-order valence-corrected chi connectivity index (χ0v) is 40.7. The van der Waals surface area contributed by atoms with E-state index in [9.17, 15) is 82.4 Å². The van der Waals surface area contributed by atoms with E-state index in [1.165, 1.54) is 6.07 Å². The van der Waals surface area contributed by atoms with Crippen molar-refractivity contribution in [3.05, 3.63) is 77.6 Å². The molecule has 1 heterocycles. The van der Waals surface area contributed by atoms with Gasteiger partial charge in [0.1, 0.15) is 29.7 Å². The minimum absolute atomic E-state index is 0.0295. The first-order valence-corrected chi connectivity index (χ1v) is 23.3. The number of Topliss-reactive ketones (excluding diaryl/α,β-unsaturated/α-hetero) is 1. The Labute approximate surface area is 430 Å². The first-order chi connectivity index (χ1) is 35.8. The van der Waals surface area contributed by atoms with E-state index >= 15 is 0 Å². The number of hydrogen-bond acceptors (Lipinski definition) is 15. The fourth-order valence-corrected chi connectivity index (χ4v) is 7.62. The summed E-state index contributed by atoms with van der Waals surface area (Å²) < 4.78 is 15.2. The molecule has 406 valence electrons. The average molecular weight is 1060 g/mol. The molecule has 0 aliphatic carbocycles. The second-order valence-electron chi connectivity index (χ2n) is 17.5. The number of aliphatic carboxylic acids is 5. The summed E-state index contributed by atoms with van der Waals surface area (Å²) in [6.45, 7) is 1.14. The molecule has 4 rings (SSSR count). The van der Waals surface area contributed by atoms with Crippen LogP contribution in [-0.4, -0.2) is 137 Å². The van der Waals surface area contributed by atoms with Crippen LogP contribution in [0.1, 0.15) is 80.1 Å². The summed E-state index contributed by atoms with van der Waals surface area (Å²) in [6, 6.07) is 9.24. The number of anilines is 2. The van der Waals surface area contributed by atoms with Crippen LogP contribution in [0.3, 0.4) is 0 Å². The van der Waals surface area contributed by atoms with Crippen molar-refractivity contribution in [2.75, 3.05) is 17.6 Å². The fraction of sp³-hybridized carbons (Fsp3) is 0.367. The van der Waals surface area contributed by atoms with Gasteiger partial charge in [0.15, 0.2) is 5.82 Å². The van der Waals surface area contributed by atoms with Crippen molar-refractivity contribution < 1.29 is 87.5 Å². The van der Waals surface area contributed by atoms with Crippen LogP contribution in [-0.2, 0) is 59.2 Å². The van der Waals surface area contributed by atoms with E-state index in [1.54, 1.807) is 61.5 Å². The molecule has 0 aliphatic heterocycles. The number of rotatable bonds is 30. The maximum absolute atomic E-state index is 14.2. The molecule has 4 aromatic rings. The number of aryl methyl sites for hydroxylation is 1. The van der Waals surface area contributed by atoms with Gasteiger partial charge in [-0.2, -0.15) is 4.68 Å². The predicted octanol–water partition coefficient (Wildman–Crippen LogP) is 0.962. The SMILES string of the molecule is Cc1ccc(F)c(CC(=O)Nc2ccc(-c3cccc4c3c(N)nn4C(=O)CNC(=O)C[C@H](N)C(=O)N[C@@H](CCC(=O)N[C@@H](CCC(=O)N[C@@H](CCC(=O)C[C@@H](CCC(=O)O)C(=O)O)C(=O)O)C(=O)O)C(=O)O)cc2)c1. The lowest BCUT2D eigenvalue weighted by Crippen LogP contribution is -2.50. The Morgan fingerprint density at radius 1 is 0.658 bits per heavy atom. The number of benzene rings is 3. The summed E-state index contributed by atoms with van der Waals surface area (Å²) in [7, 11) is 0. The van der Waals surface area contributed by atoms with Gasteiger partial charge in [-0.3, -0.25) is 43.2 Å². The van der Waals surface area contributed by atoms with E-state index in [2.05, 4.69) is 31.7 Å². The van der Waals surface area contributed by atoms with E-state index in [4.69, 9.17) is 16.6 Å². The predicted molar refractivity (Wildman–Crippen MR) is 263 cm³/mol. The number of hydrogen-bond donors (Lipinski definition) is 12. The van der Waals surface area contributed by atoms with Crippen molar-refractivity contribution in [3.8, 4) is 11.1 Å². The standard InChI is InChI=1S/C49H56FN9O17/c1-24-5-12-31(50)27(19-24)21-40(64)54-28-9-6-25(7-10-28)30-3-2-4-36-43(30)44(52)58-59(36)41(65)23-53-39(63)22-32(51)45(68)57-35(49(75)76)15-17-38(62)56-34(48(73)74)14-16-37(61)55-33(47(71)72)13-11-29(60)20-26(46(69)70)8-18-42(66)67/h2-7,9-10,12,19,26,32-35H,8,11,13-18,20-23,51H2,1H3,(H2,52,58)(H,53,63)(H,54,64)(H,55,61)(H,56,62)(H,57,68)(H,66,67)(H,69,70)(H,71,72)(H,73,74)(H,75,76)/t26-,32+,33+,34+,35+/m1/s1. The number of carbonyl (C=O) groups excluding carboxylic acids is 7. The van der Waals surface area contributed by atoms with E-state index in [0.717, 1.165) is 10.2 Å². The molecule has 3 aromatic carbocycles. The summed E-state index contributed by atoms with van der Waals surface area (Å²) in [5, 5.41) is 62.8. The first-order valence-electron chi connectivity index (χ1n) is 23.3. The normalized spacial score (nSPS) is 12.9. The number of carbonyl (C=O) groups is 12. The molecular weight excluding hydrogens is 1010 g/mol. The van der Waals surface area contributed by atoms with E-state index in [-0.39, 0.29) is 29.7 Å². The Hall–Kier alpha value is -9.14. The molecule has 76 heavy (non-hydrogen) atoms. The number of amides is 5. The molecule has 0 spiro atoms.